The lowest BCUT2D eigenvalue weighted by Gasteiger charge is -2.17. The molecule has 0 atom stereocenters. The van der Waals surface area contributed by atoms with E-state index < -0.39 is 0 Å². The van der Waals surface area contributed by atoms with Gasteiger partial charge in [0.2, 0.25) is 0 Å². The fourth-order valence-corrected chi connectivity index (χ4v) is 2.30. The maximum absolute atomic E-state index is 12.3. The molecule has 20 heavy (non-hydrogen) atoms. The predicted octanol–water partition coefficient (Wildman–Crippen LogP) is 3.53. The molecule has 0 saturated carbocycles. The number of nitriles is 1. The van der Waals surface area contributed by atoms with Gasteiger partial charge in [-0.15, -0.1) is 0 Å². The SMILES string of the molecule is CCc1ccc(-c2ccc(C#N)c(=O)n2C(C)C)cc1. The van der Waals surface area contributed by atoms with Gasteiger partial charge in [0.1, 0.15) is 11.6 Å². The molecule has 1 aromatic carbocycles. The van der Waals surface area contributed by atoms with E-state index in [-0.39, 0.29) is 17.2 Å². The second-order valence-corrected chi connectivity index (χ2v) is 5.06. The quantitative estimate of drug-likeness (QED) is 0.853. The highest BCUT2D eigenvalue weighted by Crippen LogP contribution is 2.22. The van der Waals surface area contributed by atoms with Crippen LogP contribution in [0.1, 0.15) is 37.9 Å². The zero-order valence-electron chi connectivity index (χ0n) is 12.1. The van der Waals surface area contributed by atoms with Gasteiger partial charge in [-0.1, -0.05) is 31.2 Å². The van der Waals surface area contributed by atoms with Crippen LogP contribution < -0.4 is 5.56 Å². The van der Waals surface area contributed by atoms with Crippen LogP contribution in [0.3, 0.4) is 0 Å². The number of aromatic nitrogens is 1. The van der Waals surface area contributed by atoms with E-state index in [2.05, 4.69) is 19.1 Å². The third-order valence-electron chi connectivity index (χ3n) is 3.41. The van der Waals surface area contributed by atoms with Crippen molar-refractivity contribution in [3.05, 3.63) is 57.9 Å². The fraction of sp³-hybridized carbons (Fsp3) is 0.294. The highest BCUT2D eigenvalue weighted by molar-refractivity contribution is 5.61. The summed E-state index contributed by atoms with van der Waals surface area (Å²) in [5, 5.41) is 8.99. The summed E-state index contributed by atoms with van der Waals surface area (Å²) in [7, 11) is 0. The second kappa shape index (κ2) is 5.75. The summed E-state index contributed by atoms with van der Waals surface area (Å²) in [4.78, 5) is 12.3. The largest absolute Gasteiger partial charge is 0.305 e. The normalized spacial score (nSPS) is 10.6. The molecule has 0 aliphatic rings. The third kappa shape index (κ3) is 2.50. The second-order valence-electron chi connectivity index (χ2n) is 5.06. The maximum atomic E-state index is 12.3. The first kappa shape index (κ1) is 14.1. The van der Waals surface area contributed by atoms with Crippen molar-refractivity contribution in [3.63, 3.8) is 0 Å². The highest BCUT2D eigenvalue weighted by atomic mass is 16.1. The van der Waals surface area contributed by atoms with E-state index in [4.69, 9.17) is 5.26 Å². The molecule has 1 heterocycles. The zero-order chi connectivity index (χ0) is 14.7. The van der Waals surface area contributed by atoms with Crippen molar-refractivity contribution >= 4 is 0 Å². The van der Waals surface area contributed by atoms with E-state index in [1.54, 1.807) is 10.6 Å². The molecule has 0 unspecified atom stereocenters. The smallest absolute Gasteiger partial charge is 0.269 e. The summed E-state index contributed by atoms with van der Waals surface area (Å²) >= 11 is 0. The van der Waals surface area contributed by atoms with Crippen LogP contribution in [-0.4, -0.2) is 4.57 Å². The fourth-order valence-electron chi connectivity index (χ4n) is 2.30. The first-order valence-corrected chi connectivity index (χ1v) is 6.83. The molecule has 2 rings (SSSR count). The Hall–Kier alpha value is -2.34. The molecule has 0 N–H and O–H groups in total. The predicted molar refractivity (Wildman–Crippen MR) is 80.6 cm³/mol. The van der Waals surface area contributed by atoms with Crippen molar-refractivity contribution < 1.29 is 0 Å². The van der Waals surface area contributed by atoms with E-state index in [1.807, 2.05) is 38.1 Å². The van der Waals surface area contributed by atoms with Crippen molar-refractivity contribution in [1.82, 2.24) is 4.57 Å². The molecule has 0 spiro atoms. The molecule has 0 saturated heterocycles. The summed E-state index contributed by atoms with van der Waals surface area (Å²) in [5.74, 6) is 0. The molecule has 102 valence electrons. The van der Waals surface area contributed by atoms with Crippen molar-refractivity contribution in [3.8, 4) is 17.3 Å². The van der Waals surface area contributed by atoms with Gasteiger partial charge in [-0.2, -0.15) is 5.26 Å². The molecular weight excluding hydrogens is 248 g/mol. The van der Waals surface area contributed by atoms with Crippen LogP contribution in [0.5, 0.6) is 0 Å². The molecular formula is C17H18N2O. The molecule has 3 heteroatoms. The van der Waals surface area contributed by atoms with Crippen LogP contribution in [0.15, 0.2) is 41.2 Å². The molecule has 3 nitrogen and oxygen atoms in total. The molecule has 0 radical (unpaired) electrons. The van der Waals surface area contributed by atoms with Gasteiger partial charge >= 0.3 is 0 Å². The lowest BCUT2D eigenvalue weighted by Crippen LogP contribution is -2.25. The van der Waals surface area contributed by atoms with E-state index >= 15 is 0 Å². The van der Waals surface area contributed by atoms with Crippen LogP contribution in [0.25, 0.3) is 11.3 Å². The average Bonchev–Trinajstić information content (AvgIpc) is 2.46. The van der Waals surface area contributed by atoms with Crippen LogP contribution in [0.4, 0.5) is 0 Å². The molecule has 0 aliphatic carbocycles. The Labute approximate surface area is 119 Å². The van der Waals surface area contributed by atoms with Gasteiger partial charge in [0, 0.05) is 6.04 Å². The number of hydrogen-bond donors (Lipinski definition) is 0. The molecule has 0 amide bonds. The Kier molecular flexibility index (Phi) is 4.05. The van der Waals surface area contributed by atoms with Gasteiger partial charge in [0.05, 0.1) is 5.69 Å². The maximum Gasteiger partial charge on any atom is 0.269 e. The van der Waals surface area contributed by atoms with Crippen LogP contribution >= 0.6 is 0 Å². The Balaban J connectivity index is 2.64. The molecule has 0 bridgehead atoms. The van der Waals surface area contributed by atoms with Crippen molar-refractivity contribution in [2.45, 2.75) is 33.2 Å². The number of pyridine rings is 1. The lowest BCUT2D eigenvalue weighted by atomic mass is 10.1. The minimum atomic E-state index is -0.223. The monoisotopic (exact) mass is 266 g/mol. The van der Waals surface area contributed by atoms with E-state index in [1.165, 1.54) is 5.56 Å². The minimum absolute atomic E-state index is 0.0108. The van der Waals surface area contributed by atoms with Crippen molar-refractivity contribution in [2.24, 2.45) is 0 Å². The topological polar surface area (TPSA) is 45.8 Å². The van der Waals surface area contributed by atoms with Crippen LogP contribution in [0, 0.1) is 11.3 Å². The number of hydrogen-bond acceptors (Lipinski definition) is 2. The van der Waals surface area contributed by atoms with E-state index in [0.717, 1.165) is 17.7 Å². The molecule has 0 fully saturated rings. The Bertz CT molecular complexity index is 703. The zero-order valence-corrected chi connectivity index (χ0v) is 12.1. The summed E-state index contributed by atoms with van der Waals surface area (Å²) < 4.78 is 1.68. The number of rotatable bonds is 3. The first-order valence-electron chi connectivity index (χ1n) is 6.83. The van der Waals surface area contributed by atoms with Crippen molar-refractivity contribution in [2.75, 3.05) is 0 Å². The van der Waals surface area contributed by atoms with Gasteiger partial charge in [0.25, 0.3) is 5.56 Å². The number of benzene rings is 1. The number of aryl methyl sites for hydroxylation is 1. The van der Waals surface area contributed by atoms with E-state index in [0.29, 0.717) is 0 Å². The molecule has 2 aromatic rings. The number of nitrogens with zero attached hydrogens (tertiary/aromatic N) is 2. The molecule has 1 aromatic heterocycles. The Morgan fingerprint density at radius 2 is 1.80 bits per heavy atom. The summed E-state index contributed by atoms with van der Waals surface area (Å²) in [6.07, 6.45) is 0.991. The van der Waals surface area contributed by atoms with Gasteiger partial charge in [-0.05, 0) is 43.5 Å². The minimum Gasteiger partial charge on any atom is -0.305 e. The van der Waals surface area contributed by atoms with Crippen molar-refractivity contribution in [1.29, 1.82) is 5.26 Å². The van der Waals surface area contributed by atoms with Gasteiger partial charge in [-0.25, -0.2) is 0 Å². The third-order valence-corrected chi connectivity index (χ3v) is 3.41. The summed E-state index contributed by atoms with van der Waals surface area (Å²) in [6, 6.07) is 13.6. The van der Waals surface area contributed by atoms with Gasteiger partial charge < -0.3 is 4.57 Å². The van der Waals surface area contributed by atoms with Crippen LogP contribution in [0.2, 0.25) is 0 Å². The standard InChI is InChI=1S/C17H18N2O/c1-4-13-5-7-14(8-6-13)16-10-9-15(11-18)17(20)19(16)12(2)3/h5-10,12H,4H2,1-3H3. The first-order chi connectivity index (χ1) is 9.58. The molecule has 0 aliphatic heterocycles. The lowest BCUT2D eigenvalue weighted by molar-refractivity contribution is 0.584. The Morgan fingerprint density at radius 1 is 1.15 bits per heavy atom. The highest BCUT2D eigenvalue weighted by Gasteiger charge is 2.12. The summed E-state index contributed by atoms with van der Waals surface area (Å²) in [5.41, 5.74) is 3.08. The van der Waals surface area contributed by atoms with E-state index in [9.17, 15) is 4.79 Å². The van der Waals surface area contributed by atoms with Crippen LogP contribution in [-0.2, 0) is 6.42 Å². The average molecular weight is 266 g/mol. The van der Waals surface area contributed by atoms with Gasteiger partial charge in [-0.3, -0.25) is 4.79 Å². The Morgan fingerprint density at radius 3 is 2.30 bits per heavy atom. The van der Waals surface area contributed by atoms with Gasteiger partial charge in [0.15, 0.2) is 0 Å². The summed E-state index contributed by atoms with van der Waals surface area (Å²) in [6.45, 7) is 6.01.